The Balaban J connectivity index is 0.00000320. The lowest BCUT2D eigenvalue weighted by atomic mass is 10.1. The molecule has 0 aliphatic carbocycles. The van der Waals surface area contributed by atoms with Crippen LogP contribution in [0.3, 0.4) is 0 Å². The van der Waals surface area contributed by atoms with Gasteiger partial charge in [-0.05, 0) is 24.3 Å². The molecule has 0 aliphatic heterocycles. The monoisotopic (exact) mass is 467 g/mol. The fraction of sp³-hybridized carbons (Fsp3) is 0.217. The summed E-state index contributed by atoms with van der Waals surface area (Å²) in [5.41, 5.74) is 2.94. The van der Waals surface area contributed by atoms with Crippen molar-refractivity contribution in [2.45, 2.75) is 19.7 Å². The third kappa shape index (κ3) is 6.19. The van der Waals surface area contributed by atoms with Gasteiger partial charge < -0.3 is 19.5 Å². The number of nitrogens with one attached hydrogen (secondary N) is 1. The molecule has 0 fully saturated rings. The summed E-state index contributed by atoms with van der Waals surface area (Å²) in [6.45, 7) is 1.60. The summed E-state index contributed by atoms with van der Waals surface area (Å²) in [7, 11) is 3.30. The molecule has 30 heavy (non-hydrogen) atoms. The molecule has 3 rings (SSSR count). The van der Waals surface area contributed by atoms with Crippen molar-refractivity contribution in [2.75, 3.05) is 14.2 Å². The molecule has 0 heterocycles. The van der Waals surface area contributed by atoms with Crippen LogP contribution < -0.4 is 19.5 Å². The highest BCUT2D eigenvalue weighted by atomic mass is 35.5. The minimum atomic E-state index is 0. The van der Waals surface area contributed by atoms with Crippen LogP contribution in [0, 0.1) is 0 Å². The molecule has 0 atom stereocenters. The Labute approximate surface area is 193 Å². The van der Waals surface area contributed by atoms with E-state index in [4.69, 9.17) is 37.4 Å². The van der Waals surface area contributed by atoms with Gasteiger partial charge in [0, 0.05) is 39.8 Å². The van der Waals surface area contributed by atoms with Crippen LogP contribution >= 0.6 is 35.6 Å². The lowest BCUT2D eigenvalue weighted by Gasteiger charge is -2.16. The predicted octanol–water partition coefficient (Wildman–Crippen LogP) is 6.30. The van der Waals surface area contributed by atoms with Gasteiger partial charge in [0.15, 0.2) is 11.5 Å². The van der Waals surface area contributed by atoms with Crippen LogP contribution in [0.1, 0.15) is 16.7 Å². The molecule has 0 saturated heterocycles. The Bertz CT molecular complexity index is 966. The molecule has 7 heteroatoms. The van der Waals surface area contributed by atoms with Crippen LogP contribution in [-0.4, -0.2) is 14.2 Å². The zero-order chi connectivity index (χ0) is 20.6. The number of methoxy groups -OCH3 is 2. The van der Waals surface area contributed by atoms with E-state index in [1.54, 1.807) is 26.4 Å². The molecule has 0 amide bonds. The molecule has 3 aromatic rings. The Morgan fingerprint density at radius 1 is 0.767 bits per heavy atom. The maximum Gasteiger partial charge on any atom is 0.166 e. The maximum absolute atomic E-state index is 6.27. The SMILES string of the molecule is COc1ccccc1CNCc1cccc(OC)c1OCc1ccc(Cl)cc1Cl.Cl. The van der Waals surface area contributed by atoms with E-state index in [2.05, 4.69) is 5.32 Å². The first-order valence-corrected chi connectivity index (χ1v) is 9.93. The standard InChI is InChI=1S/C23H23Cl2NO3.ClH/c1-27-21-8-4-3-6-16(21)13-26-14-17-7-5-9-22(28-2)23(17)29-15-18-10-11-19(24)12-20(18)25;/h3-12,26H,13-15H2,1-2H3;1H. The third-order valence-corrected chi connectivity index (χ3v) is 5.08. The fourth-order valence-electron chi connectivity index (χ4n) is 2.99. The summed E-state index contributed by atoms with van der Waals surface area (Å²) in [6.07, 6.45) is 0. The maximum atomic E-state index is 6.27. The number of benzene rings is 3. The van der Waals surface area contributed by atoms with Gasteiger partial charge in [-0.25, -0.2) is 0 Å². The van der Waals surface area contributed by atoms with Crippen LogP contribution in [0.4, 0.5) is 0 Å². The Morgan fingerprint density at radius 3 is 2.17 bits per heavy atom. The average molecular weight is 469 g/mol. The van der Waals surface area contributed by atoms with Gasteiger partial charge >= 0.3 is 0 Å². The molecule has 0 bridgehead atoms. The molecule has 160 valence electrons. The van der Waals surface area contributed by atoms with Crippen LogP contribution in [0.2, 0.25) is 10.0 Å². The minimum absolute atomic E-state index is 0. The van der Waals surface area contributed by atoms with Gasteiger partial charge in [-0.3, -0.25) is 0 Å². The molecule has 0 aromatic heterocycles. The van der Waals surface area contributed by atoms with Gasteiger partial charge in [0.1, 0.15) is 12.4 Å². The normalized spacial score (nSPS) is 10.3. The third-order valence-electron chi connectivity index (χ3n) is 4.49. The largest absolute Gasteiger partial charge is 0.496 e. The van der Waals surface area contributed by atoms with E-state index in [-0.39, 0.29) is 12.4 Å². The minimum Gasteiger partial charge on any atom is -0.496 e. The second-order valence-electron chi connectivity index (χ2n) is 6.39. The van der Waals surface area contributed by atoms with Gasteiger partial charge in [0.05, 0.1) is 14.2 Å². The summed E-state index contributed by atoms with van der Waals surface area (Å²) in [5, 5.41) is 4.61. The van der Waals surface area contributed by atoms with Crippen LogP contribution in [-0.2, 0) is 19.7 Å². The van der Waals surface area contributed by atoms with Crippen LogP contribution in [0.15, 0.2) is 60.7 Å². The van der Waals surface area contributed by atoms with Crippen molar-refractivity contribution >= 4 is 35.6 Å². The summed E-state index contributed by atoms with van der Waals surface area (Å²) in [6, 6.07) is 19.1. The van der Waals surface area contributed by atoms with Crippen LogP contribution in [0.25, 0.3) is 0 Å². The van der Waals surface area contributed by atoms with Crippen molar-refractivity contribution < 1.29 is 14.2 Å². The second-order valence-corrected chi connectivity index (χ2v) is 7.23. The Kier molecular flexibility index (Phi) is 9.60. The molecule has 3 aromatic carbocycles. The van der Waals surface area contributed by atoms with Gasteiger partial charge in [-0.1, -0.05) is 59.6 Å². The quantitative estimate of drug-likeness (QED) is 0.400. The molecule has 0 saturated carbocycles. The number of hydrogen-bond donors (Lipinski definition) is 1. The summed E-state index contributed by atoms with van der Waals surface area (Å²) in [5.74, 6) is 2.22. The van der Waals surface area contributed by atoms with Crippen molar-refractivity contribution in [1.29, 1.82) is 0 Å². The molecular formula is C23H24Cl3NO3. The van der Waals surface area contributed by atoms with E-state index in [9.17, 15) is 0 Å². The zero-order valence-corrected chi connectivity index (χ0v) is 19.1. The number of halogens is 3. The number of para-hydroxylation sites is 2. The number of hydrogen-bond acceptors (Lipinski definition) is 4. The highest BCUT2D eigenvalue weighted by Crippen LogP contribution is 2.33. The summed E-state index contributed by atoms with van der Waals surface area (Å²) in [4.78, 5) is 0. The van der Waals surface area contributed by atoms with E-state index < -0.39 is 0 Å². The fourth-order valence-corrected chi connectivity index (χ4v) is 3.46. The van der Waals surface area contributed by atoms with E-state index in [1.165, 1.54) is 0 Å². The van der Waals surface area contributed by atoms with Crippen molar-refractivity contribution in [3.05, 3.63) is 87.4 Å². The van der Waals surface area contributed by atoms with Gasteiger partial charge in [0.2, 0.25) is 0 Å². The smallest absolute Gasteiger partial charge is 0.166 e. The van der Waals surface area contributed by atoms with Crippen molar-refractivity contribution in [2.24, 2.45) is 0 Å². The first-order chi connectivity index (χ1) is 14.1. The number of ether oxygens (including phenoxy) is 3. The molecule has 0 spiro atoms. The Hall–Kier alpha value is -2.11. The Morgan fingerprint density at radius 2 is 1.43 bits per heavy atom. The lowest BCUT2D eigenvalue weighted by Crippen LogP contribution is -2.14. The molecule has 1 N–H and O–H groups in total. The van der Waals surface area contributed by atoms with Crippen molar-refractivity contribution in [1.82, 2.24) is 5.32 Å². The van der Waals surface area contributed by atoms with Gasteiger partial charge in [-0.15, -0.1) is 12.4 Å². The number of rotatable bonds is 9. The highest BCUT2D eigenvalue weighted by Gasteiger charge is 2.12. The predicted molar refractivity (Wildman–Crippen MR) is 125 cm³/mol. The molecule has 0 radical (unpaired) electrons. The average Bonchev–Trinajstić information content (AvgIpc) is 2.74. The summed E-state index contributed by atoms with van der Waals surface area (Å²) < 4.78 is 17.0. The molecule has 4 nitrogen and oxygen atoms in total. The molecule has 0 aliphatic rings. The molecular weight excluding hydrogens is 445 g/mol. The topological polar surface area (TPSA) is 39.7 Å². The van der Waals surface area contributed by atoms with E-state index in [0.717, 1.165) is 22.4 Å². The van der Waals surface area contributed by atoms with Gasteiger partial charge in [0.25, 0.3) is 0 Å². The van der Waals surface area contributed by atoms with E-state index >= 15 is 0 Å². The van der Waals surface area contributed by atoms with Crippen molar-refractivity contribution in [3.8, 4) is 17.2 Å². The zero-order valence-electron chi connectivity index (χ0n) is 16.8. The van der Waals surface area contributed by atoms with E-state index in [0.29, 0.717) is 41.2 Å². The second kappa shape index (κ2) is 11.9. The van der Waals surface area contributed by atoms with Crippen molar-refractivity contribution in [3.63, 3.8) is 0 Å². The summed E-state index contributed by atoms with van der Waals surface area (Å²) >= 11 is 12.2. The van der Waals surface area contributed by atoms with E-state index in [1.807, 2.05) is 48.5 Å². The molecule has 0 unspecified atom stereocenters. The highest BCUT2D eigenvalue weighted by molar-refractivity contribution is 6.35. The van der Waals surface area contributed by atoms with Gasteiger partial charge in [-0.2, -0.15) is 0 Å². The lowest BCUT2D eigenvalue weighted by molar-refractivity contribution is 0.280. The first kappa shape index (κ1) is 24.2. The van der Waals surface area contributed by atoms with Crippen LogP contribution in [0.5, 0.6) is 17.2 Å². The first-order valence-electron chi connectivity index (χ1n) is 9.17.